The SMILES string of the molecule is O=S(=O)(c1ccc2ccccc2c1)N1CC(OCc2ccccc2Cl)C1. The van der Waals surface area contributed by atoms with Gasteiger partial charge in [-0.2, -0.15) is 4.31 Å². The maximum atomic E-state index is 12.8. The molecule has 4 rings (SSSR count). The molecule has 1 aliphatic heterocycles. The predicted molar refractivity (Wildman–Crippen MR) is 103 cm³/mol. The summed E-state index contributed by atoms with van der Waals surface area (Å²) in [5.41, 5.74) is 0.907. The Kier molecular flexibility index (Phi) is 4.71. The molecule has 3 aromatic carbocycles. The molecule has 26 heavy (non-hydrogen) atoms. The number of hydrogen-bond acceptors (Lipinski definition) is 3. The number of ether oxygens (including phenoxy) is 1. The molecule has 0 N–H and O–H groups in total. The van der Waals surface area contributed by atoms with E-state index < -0.39 is 10.0 Å². The van der Waals surface area contributed by atoms with Crippen molar-refractivity contribution in [1.29, 1.82) is 0 Å². The summed E-state index contributed by atoms with van der Waals surface area (Å²) in [5, 5.41) is 2.60. The molecule has 0 aliphatic carbocycles. The molecule has 3 aromatic rings. The zero-order valence-corrected chi connectivity index (χ0v) is 15.6. The Labute approximate surface area is 158 Å². The van der Waals surface area contributed by atoms with Gasteiger partial charge in [-0.15, -0.1) is 0 Å². The summed E-state index contributed by atoms with van der Waals surface area (Å²) in [4.78, 5) is 0.320. The van der Waals surface area contributed by atoms with Gasteiger partial charge in [0, 0.05) is 18.1 Å². The van der Waals surface area contributed by atoms with Crippen LogP contribution in [0.25, 0.3) is 10.8 Å². The molecule has 1 heterocycles. The van der Waals surface area contributed by atoms with E-state index >= 15 is 0 Å². The van der Waals surface area contributed by atoms with Crippen LogP contribution in [0.4, 0.5) is 0 Å². The highest BCUT2D eigenvalue weighted by Gasteiger charge is 2.37. The third-order valence-corrected chi connectivity index (χ3v) is 6.80. The van der Waals surface area contributed by atoms with Crippen molar-refractivity contribution in [2.24, 2.45) is 0 Å². The van der Waals surface area contributed by atoms with Gasteiger partial charge in [0.25, 0.3) is 0 Å². The normalized spacial score (nSPS) is 15.9. The van der Waals surface area contributed by atoms with Gasteiger partial charge in [0.05, 0.1) is 17.6 Å². The van der Waals surface area contributed by atoms with Crippen LogP contribution in [0, 0.1) is 0 Å². The number of benzene rings is 3. The average molecular weight is 388 g/mol. The minimum atomic E-state index is -3.49. The number of sulfonamides is 1. The summed E-state index contributed by atoms with van der Waals surface area (Å²) in [5.74, 6) is 0. The van der Waals surface area contributed by atoms with Gasteiger partial charge in [-0.25, -0.2) is 8.42 Å². The molecule has 0 radical (unpaired) electrons. The van der Waals surface area contributed by atoms with Crippen LogP contribution in [0.1, 0.15) is 5.56 Å². The lowest BCUT2D eigenvalue weighted by Gasteiger charge is -2.37. The summed E-state index contributed by atoms with van der Waals surface area (Å²) in [6, 6.07) is 20.4. The zero-order chi connectivity index (χ0) is 18.1. The van der Waals surface area contributed by atoms with E-state index in [0.717, 1.165) is 16.3 Å². The van der Waals surface area contributed by atoms with E-state index in [4.69, 9.17) is 16.3 Å². The highest BCUT2D eigenvalue weighted by atomic mass is 35.5. The van der Waals surface area contributed by atoms with Crippen LogP contribution in [0.5, 0.6) is 0 Å². The number of nitrogens with zero attached hydrogens (tertiary/aromatic N) is 1. The fourth-order valence-corrected chi connectivity index (χ4v) is 4.73. The minimum absolute atomic E-state index is 0.110. The quantitative estimate of drug-likeness (QED) is 0.662. The number of rotatable bonds is 5. The summed E-state index contributed by atoms with van der Waals surface area (Å²) in [7, 11) is -3.49. The smallest absolute Gasteiger partial charge is 0.243 e. The van der Waals surface area contributed by atoms with Crippen LogP contribution in [0.15, 0.2) is 71.6 Å². The van der Waals surface area contributed by atoms with Crippen molar-refractivity contribution in [3.63, 3.8) is 0 Å². The Bertz CT molecular complexity index is 1050. The molecule has 1 fully saturated rings. The topological polar surface area (TPSA) is 46.6 Å². The number of halogens is 1. The second-order valence-electron chi connectivity index (χ2n) is 6.36. The summed E-state index contributed by atoms with van der Waals surface area (Å²) < 4.78 is 32.8. The average Bonchev–Trinajstić information content (AvgIpc) is 2.61. The van der Waals surface area contributed by atoms with Crippen molar-refractivity contribution in [3.05, 3.63) is 77.3 Å². The van der Waals surface area contributed by atoms with Crippen LogP contribution in [-0.4, -0.2) is 31.9 Å². The molecule has 0 spiro atoms. The molecule has 0 saturated carbocycles. The first-order chi connectivity index (χ1) is 12.5. The molecule has 1 aliphatic rings. The first-order valence-electron chi connectivity index (χ1n) is 8.38. The molecule has 0 bridgehead atoms. The van der Waals surface area contributed by atoms with E-state index in [1.165, 1.54) is 4.31 Å². The van der Waals surface area contributed by atoms with Crippen molar-refractivity contribution in [3.8, 4) is 0 Å². The fraction of sp³-hybridized carbons (Fsp3) is 0.200. The molecule has 0 unspecified atom stereocenters. The molecule has 134 valence electrons. The second-order valence-corrected chi connectivity index (χ2v) is 8.70. The van der Waals surface area contributed by atoms with Gasteiger partial charge in [0.1, 0.15) is 0 Å². The molecule has 4 nitrogen and oxygen atoms in total. The highest BCUT2D eigenvalue weighted by Crippen LogP contribution is 2.27. The van der Waals surface area contributed by atoms with Crippen molar-refractivity contribution in [1.82, 2.24) is 4.31 Å². The van der Waals surface area contributed by atoms with Gasteiger partial charge in [0.15, 0.2) is 0 Å². The largest absolute Gasteiger partial charge is 0.371 e. The molecule has 0 atom stereocenters. The van der Waals surface area contributed by atoms with Crippen molar-refractivity contribution < 1.29 is 13.2 Å². The maximum absolute atomic E-state index is 12.8. The van der Waals surface area contributed by atoms with Crippen molar-refractivity contribution in [2.45, 2.75) is 17.6 Å². The van der Waals surface area contributed by atoms with Crippen molar-refractivity contribution in [2.75, 3.05) is 13.1 Å². The van der Waals surface area contributed by atoms with Gasteiger partial charge >= 0.3 is 0 Å². The lowest BCUT2D eigenvalue weighted by atomic mass is 10.1. The second kappa shape index (κ2) is 7.00. The first kappa shape index (κ1) is 17.5. The molecule has 1 saturated heterocycles. The number of hydrogen-bond donors (Lipinski definition) is 0. The van der Waals surface area contributed by atoms with Gasteiger partial charge < -0.3 is 4.74 Å². The third kappa shape index (κ3) is 3.35. The predicted octanol–water partition coefficient (Wildman–Crippen LogP) is 4.08. The number of fused-ring (bicyclic) bond motifs is 1. The standard InChI is InChI=1S/C20H18ClNO3S/c21-20-8-4-3-7-17(20)14-25-18-12-22(13-18)26(23,24)19-10-9-15-5-1-2-6-16(15)11-19/h1-11,18H,12-14H2. The van der Waals surface area contributed by atoms with E-state index in [1.54, 1.807) is 12.1 Å². The molecule has 6 heteroatoms. The van der Waals surface area contributed by atoms with E-state index in [0.29, 0.717) is 29.6 Å². The van der Waals surface area contributed by atoms with E-state index in [1.807, 2.05) is 54.6 Å². The maximum Gasteiger partial charge on any atom is 0.243 e. The van der Waals surface area contributed by atoms with Crippen LogP contribution in [0.3, 0.4) is 0 Å². The van der Waals surface area contributed by atoms with E-state index in [-0.39, 0.29) is 6.10 Å². The lowest BCUT2D eigenvalue weighted by Crippen LogP contribution is -2.54. The summed E-state index contributed by atoms with van der Waals surface area (Å²) in [6.45, 7) is 1.10. The monoisotopic (exact) mass is 387 g/mol. The van der Waals surface area contributed by atoms with Crippen molar-refractivity contribution >= 4 is 32.4 Å². The summed E-state index contributed by atoms with van der Waals surface area (Å²) >= 11 is 6.11. The Morgan fingerprint density at radius 2 is 1.65 bits per heavy atom. The Balaban J connectivity index is 1.41. The van der Waals surface area contributed by atoms with Crippen LogP contribution in [-0.2, 0) is 21.4 Å². The molecular formula is C20H18ClNO3S. The molecular weight excluding hydrogens is 370 g/mol. The Hall–Kier alpha value is -1.92. The van der Waals surface area contributed by atoms with Gasteiger partial charge in [0.2, 0.25) is 10.0 Å². The van der Waals surface area contributed by atoms with Crippen LogP contribution >= 0.6 is 11.6 Å². The third-order valence-electron chi connectivity index (χ3n) is 4.61. The van der Waals surface area contributed by atoms with E-state index in [2.05, 4.69) is 0 Å². The van der Waals surface area contributed by atoms with Gasteiger partial charge in [-0.1, -0.05) is 60.1 Å². The zero-order valence-electron chi connectivity index (χ0n) is 14.0. The summed E-state index contributed by atoms with van der Waals surface area (Å²) in [6.07, 6.45) is -0.110. The Morgan fingerprint density at radius 3 is 2.42 bits per heavy atom. The Morgan fingerprint density at radius 1 is 0.962 bits per heavy atom. The fourth-order valence-electron chi connectivity index (χ4n) is 3.00. The van der Waals surface area contributed by atoms with E-state index in [9.17, 15) is 8.42 Å². The van der Waals surface area contributed by atoms with Crippen LogP contribution < -0.4 is 0 Å². The lowest BCUT2D eigenvalue weighted by molar-refractivity contribution is -0.0295. The van der Waals surface area contributed by atoms with Gasteiger partial charge in [-0.3, -0.25) is 0 Å². The molecule has 0 amide bonds. The molecule has 0 aromatic heterocycles. The van der Waals surface area contributed by atoms with Crippen LogP contribution in [0.2, 0.25) is 5.02 Å². The highest BCUT2D eigenvalue weighted by molar-refractivity contribution is 7.89. The van der Waals surface area contributed by atoms with Gasteiger partial charge in [-0.05, 0) is 34.5 Å². The first-order valence-corrected chi connectivity index (χ1v) is 10.2. The minimum Gasteiger partial charge on any atom is -0.371 e.